The lowest BCUT2D eigenvalue weighted by atomic mass is 9.87. The van der Waals surface area contributed by atoms with Crippen molar-refractivity contribution < 1.29 is 18.7 Å². The zero-order chi connectivity index (χ0) is 25.7. The maximum absolute atomic E-state index is 13.7. The fourth-order valence-electron chi connectivity index (χ4n) is 4.50. The Hall–Kier alpha value is -3.74. The second-order valence-electron chi connectivity index (χ2n) is 9.58. The van der Waals surface area contributed by atoms with E-state index in [4.69, 9.17) is 4.74 Å². The third kappa shape index (κ3) is 6.08. The van der Waals surface area contributed by atoms with Gasteiger partial charge in [-0.3, -0.25) is 14.6 Å². The van der Waals surface area contributed by atoms with Crippen molar-refractivity contribution in [3.63, 3.8) is 0 Å². The number of nitrogens with one attached hydrogen (secondary N) is 1. The molecular formula is C29H32FN3O3. The van der Waals surface area contributed by atoms with E-state index in [0.29, 0.717) is 25.3 Å². The van der Waals surface area contributed by atoms with Crippen LogP contribution in [0.15, 0.2) is 67.0 Å². The molecule has 2 unspecified atom stereocenters. The third-order valence-electron chi connectivity index (χ3n) is 6.33. The highest BCUT2D eigenvalue weighted by atomic mass is 19.1. The van der Waals surface area contributed by atoms with Gasteiger partial charge in [0.05, 0.1) is 6.04 Å². The van der Waals surface area contributed by atoms with Gasteiger partial charge in [-0.25, -0.2) is 4.39 Å². The van der Waals surface area contributed by atoms with Gasteiger partial charge in [-0.15, -0.1) is 0 Å². The molecule has 3 aromatic rings. The number of aromatic nitrogens is 1. The highest BCUT2D eigenvalue weighted by Gasteiger charge is 2.32. The lowest BCUT2D eigenvalue weighted by molar-refractivity contribution is -0.134. The zero-order valence-corrected chi connectivity index (χ0v) is 20.9. The van der Waals surface area contributed by atoms with Crippen molar-refractivity contribution in [3.8, 4) is 5.75 Å². The summed E-state index contributed by atoms with van der Waals surface area (Å²) in [6, 6.07) is 15.4. The highest BCUT2D eigenvalue weighted by molar-refractivity contribution is 5.80. The molecule has 2 aromatic carbocycles. The van der Waals surface area contributed by atoms with E-state index >= 15 is 0 Å². The number of fused-ring (bicyclic) bond motifs is 1. The maximum atomic E-state index is 13.7. The van der Waals surface area contributed by atoms with E-state index in [0.717, 1.165) is 28.7 Å². The molecule has 1 aromatic heterocycles. The van der Waals surface area contributed by atoms with Crippen LogP contribution >= 0.6 is 0 Å². The molecule has 1 aliphatic heterocycles. The summed E-state index contributed by atoms with van der Waals surface area (Å²) >= 11 is 0. The summed E-state index contributed by atoms with van der Waals surface area (Å²) in [5.74, 6) is 0.298. The van der Waals surface area contributed by atoms with E-state index in [1.165, 1.54) is 12.1 Å². The Morgan fingerprint density at radius 1 is 1.08 bits per heavy atom. The predicted octanol–water partition coefficient (Wildman–Crippen LogP) is 4.82. The van der Waals surface area contributed by atoms with Crippen LogP contribution in [0.4, 0.5) is 4.39 Å². The van der Waals surface area contributed by atoms with Crippen LogP contribution in [0.1, 0.15) is 55.5 Å². The Bertz CT molecular complexity index is 1200. The summed E-state index contributed by atoms with van der Waals surface area (Å²) in [4.78, 5) is 31.7. The molecule has 0 bridgehead atoms. The number of rotatable bonds is 8. The molecule has 2 amide bonds. The van der Waals surface area contributed by atoms with Crippen LogP contribution in [0.25, 0.3) is 0 Å². The van der Waals surface area contributed by atoms with E-state index in [1.807, 2.05) is 49.1 Å². The number of carbonyl (C=O) groups excluding carboxylic acids is 2. The average Bonchev–Trinajstić information content (AvgIpc) is 2.87. The lowest BCUT2D eigenvalue weighted by Gasteiger charge is -2.38. The molecule has 7 heteroatoms. The Kier molecular flexibility index (Phi) is 7.98. The molecular weight excluding hydrogens is 457 g/mol. The fourth-order valence-corrected chi connectivity index (χ4v) is 4.50. The number of nitrogens with zero attached hydrogens (tertiary/aromatic N) is 2. The fraction of sp³-hybridized carbons (Fsp3) is 0.345. The van der Waals surface area contributed by atoms with E-state index in [1.54, 1.807) is 31.5 Å². The molecule has 0 fully saturated rings. The number of ether oxygens (including phenoxy) is 1. The monoisotopic (exact) mass is 489 g/mol. The maximum Gasteiger partial charge on any atom is 0.261 e. The molecule has 0 saturated heterocycles. The van der Waals surface area contributed by atoms with Crippen LogP contribution < -0.4 is 10.1 Å². The van der Waals surface area contributed by atoms with Gasteiger partial charge in [0, 0.05) is 31.9 Å². The smallest absolute Gasteiger partial charge is 0.261 e. The van der Waals surface area contributed by atoms with Crippen LogP contribution in [-0.2, 0) is 22.6 Å². The quantitative estimate of drug-likeness (QED) is 0.492. The Morgan fingerprint density at radius 2 is 1.81 bits per heavy atom. The molecule has 0 aliphatic carbocycles. The predicted molar refractivity (Wildman–Crippen MR) is 136 cm³/mol. The number of halogens is 1. The van der Waals surface area contributed by atoms with Crippen molar-refractivity contribution >= 4 is 11.8 Å². The first-order chi connectivity index (χ1) is 17.3. The zero-order valence-electron chi connectivity index (χ0n) is 20.9. The number of hydrogen-bond donors (Lipinski definition) is 1. The van der Waals surface area contributed by atoms with Gasteiger partial charge in [0.2, 0.25) is 5.91 Å². The topological polar surface area (TPSA) is 71.5 Å². The molecule has 0 saturated carbocycles. The van der Waals surface area contributed by atoms with Gasteiger partial charge in [-0.2, -0.15) is 0 Å². The molecule has 0 spiro atoms. The minimum absolute atomic E-state index is 0.0696. The first kappa shape index (κ1) is 25.4. The minimum Gasteiger partial charge on any atom is -0.481 e. The molecule has 188 valence electrons. The number of amides is 2. The Labute approximate surface area is 211 Å². The summed E-state index contributed by atoms with van der Waals surface area (Å²) < 4.78 is 19.7. The molecule has 4 rings (SSSR count). The minimum atomic E-state index is -0.712. The van der Waals surface area contributed by atoms with Gasteiger partial charge in [-0.05, 0) is 77.9 Å². The van der Waals surface area contributed by atoms with Crippen molar-refractivity contribution in [1.82, 2.24) is 15.2 Å². The van der Waals surface area contributed by atoms with Crippen LogP contribution in [-0.4, -0.2) is 34.3 Å². The van der Waals surface area contributed by atoms with Gasteiger partial charge in [0.15, 0.2) is 6.10 Å². The van der Waals surface area contributed by atoms with E-state index in [-0.39, 0.29) is 29.6 Å². The van der Waals surface area contributed by atoms with Crippen LogP contribution in [0.2, 0.25) is 0 Å². The molecule has 0 radical (unpaired) electrons. The summed E-state index contributed by atoms with van der Waals surface area (Å²) in [5, 5.41) is 2.88. The molecule has 1 N–H and O–H groups in total. The molecule has 36 heavy (non-hydrogen) atoms. The average molecular weight is 490 g/mol. The second-order valence-corrected chi connectivity index (χ2v) is 9.58. The van der Waals surface area contributed by atoms with E-state index < -0.39 is 6.10 Å². The second kappa shape index (κ2) is 11.3. The van der Waals surface area contributed by atoms with Gasteiger partial charge in [0.1, 0.15) is 11.6 Å². The van der Waals surface area contributed by atoms with E-state index in [2.05, 4.69) is 10.3 Å². The standard InChI is InChI=1S/C29H32FN3O3/c1-19(2)16-27(34)33-15-12-22-6-9-25(17-26(22)28(33)23-4-7-24(30)8-5-23)36-20(3)29(35)32-18-21-10-13-31-14-11-21/h4-11,13-14,17,19-20,28H,12,15-16,18H2,1-3H3,(H,32,35). The molecule has 2 heterocycles. The summed E-state index contributed by atoms with van der Waals surface area (Å²) in [7, 11) is 0. The Balaban J connectivity index is 1.56. The van der Waals surface area contributed by atoms with Crippen LogP contribution in [0.5, 0.6) is 5.75 Å². The molecule has 6 nitrogen and oxygen atoms in total. The van der Waals surface area contributed by atoms with Crippen molar-refractivity contribution in [2.45, 2.75) is 52.3 Å². The number of carbonyl (C=O) groups is 2. The SMILES string of the molecule is CC(C)CC(=O)N1CCc2ccc(OC(C)C(=O)NCc3ccncc3)cc2C1c1ccc(F)cc1. The first-order valence-corrected chi connectivity index (χ1v) is 12.3. The third-order valence-corrected chi connectivity index (χ3v) is 6.33. The first-order valence-electron chi connectivity index (χ1n) is 12.3. The number of benzene rings is 2. The van der Waals surface area contributed by atoms with Crippen LogP contribution in [0, 0.1) is 11.7 Å². The number of hydrogen-bond acceptors (Lipinski definition) is 4. The lowest BCUT2D eigenvalue weighted by Crippen LogP contribution is -2.41. The van der Waals surface area contributed by atoms with Crippen molar-refractivity contribution in [2.75, 3.05) is 6.54 Å². The largest absolute Gasteiger partial charge is 0.481 e. The van der Waals surface area contributed by atoms with Crippen LogP contribution in [0.3, 0.4) is 0 Å². The van der Waals surface area contributed by atoms with Crippen molar-refractivity contribution in [3.05, 3.63) is 95.1 Å². The molecule has 2 atom stereocenters. The van der Waals surface area contributed by atoms with Gasteiger partial charge in [0.25, 0.3) is 5.91 Å². The van der Waals surface area contributed by atoms with E-state index in [9.17, 15) is 14.0 Å². The summed E-state index contributed by atoms with van der Waals surface area (Å²) in [6.45, 7) is 6.73. The summed E-state index contributed by atoms with van der Waals surface area (Å²) in [5.41, 5.74) is 3.84. The normalized spacial score (nSPS) is 15.8. The molecule has 1 aliphatic rings. The van der Waals surface area contributed by atoms with Crippen molar-refractivity contribution in [1.29, 1.82) is 0 Å². The van der Waals surface area contributed by atoms with Gasteiger partial charge >= 0.3 is 0 Å². The van der Waals surface area contributed by atoms with Gasteiger partial charge in [-0.1, -0.05) is 32.0 Å². The highest BCUT2D eigenvalue weighted by Crippen LogP contribution is 2.38. The van der Waals surface area contributed by atoms with Crippen molar-refractivity contribution in [2.24, 2.45) is 5.92 Å². The Morgan fingerprint density at radius 3 is 2.50 bits per heavy atom. The summed E-state index contributed by atoms with van der Waals surface area (Å²) in [6.07, 6.45) is 3.82. The van der Waals surface area contributed by atoms with Gasteiger partial charge < -0.3 is 15.0 Å². The number of pyridine rings is 1.